The average Bonchev–Trinajstić information content (AvgIpc) is 2.95. The van der Waals surface area contributed by atoms with Crippen LogP contribution in [0.15, 0.2) is 30.5 Å². The zero-order chi connectivity index (χ0) is 15.9. The second-order valence-electron chi connectivity index (χ2n) is 5.16. The molecule has 0 spiro atoms. The molecule has 0 unspecified atom stereocenters. The highest BCUT2D eigenvalue weighted by molar-refractivity contribution is 5.94. The predicted molar refractivity (Wildman–Crippen MR) is 84.8 cm³/mol. The van der Waals surface area contributed by atoms with Crippen molar-refractivity contribution in [3.8, 4) is 5.75 Å². The molecule has 0 aliphatic heterocycles. The molecule has 1 amide bonds. The van der Waals surface area contributed by atoms with E-state index >= 15 is 0 Å². The Hall–Kier alpha value is -2.34. The van der Waals surface area contributed by atoms with Gasteiger partial charge in [-0.3, -0.25) is 4.79 Å². The minimum absolute atomic E-state index is 0.143. The molecule has 1 aromatic heterocycles. The van der Waals surface area contributed by atoms with Crippen LogP contribution in [0.25, 0.3) is 0 Å². The lowest BCUT2D eigenvalue weighted by atomic mass is 10.2. The molecule has 22 heavy (non-hydrogen) atoms. The molecule has 0 aliphatic carbocycles. The Morgan fingerprint density at radius 2 is 2.14 bits per heavy atom. The van der Waals surface area contributed by atoms with Crippen molar-refractivity contribution in [1.82, 2.24) is 15.3 Å². The third-order valence-corrected chi connectivity index (χ3v) is 3.21. The van der Waals surface area contributed by atoms with E-state index in [9.17, 15) is 4.79 Å². The van der Waals surface area contributed by atoms with Crippen molar-refractivity contribution in [1.29, 1.82) is 0 Å². The number of nitrogens with zero attached hydrogens (tertiary/aromatic N) is 1. The first kappa shape index (κ1) is 16.0. The summed E-state index contributed by atoms with van der Waals surface area (Å²) in [6.07, 6.45) is 2.55. The molecule has 6 nitrogen and oxygen atoms in total. The molecule has 1 atom stereocenters. The van der Waals surface area contributed by atoms with Crippen molar-refractivity contribution >= 4 is 5.91 Å². The van der Waals surface area contributed by atoms with Gasteiger partial charge in [-0.05, 0) is 51.1 Å². The van der Waals surface area contributed by atoms with Crippen LogP contribution in [0.1, 0.15) is 41.3 Å². The SMILES string of the molecule is Cc1cnc([C@H](C)NC(=O)c2ccc(OCCCN)cc2)[nH]1. The van der Waals surface area contributed by atoms with E-state index in [0.29, 0.717) is 18.7 Å². The summed E-state index contributed by atoms with van der Waals surface area (Å²) in [7, 11) is 0. The van der Waals surface area contributed by atoms with E-state index in [2.05, 4.69) is 15.3 Å². The quantitative estimate of drug-likeness (QED) is 0.681. The molecule has 0 bridgehead atoms. The summed E-state index contributed by atoms with van der Waals surface area (Å²) in [6.45, 7) is 5.00. The van der Waals surface area contributed by atoms with Gasteiger partial charge < -0.3 is 20.8 Å². The molecule has 6 heteroatoms. The fourth-order valence-electron chi connectivity index (χ4n) is 1.98. The number of amides is 1. The molecule has 0 saturated heterocycles. The molecule has 0 fully saturated rings. The van der Waals surface area contributed by atoms with Crippen molar-refractivity contribution in [2.45, 2.75) is 26.3 Å². The Bertz CT molecular complexity index is 607. The molecule has 2 aromatic rings. The first-order valence-electron chi connectivity index (χ1n) is 7.35. The number of hydrogen-bond donors (Lipinski definition) is 3. The number of rotatable bonds is 7. The molecule has 0 aliphatic rings. The molecule has 1 aromatic carbocycles. The van der Waals surface area contributed by atoms with E-state index < -0.39 is 0 Å². The number of nitrogens with one attached hydrogen (secondary N) is 2. The van der Waals surface area contributed by atoms with Gasteiger partial charge in [-0.25, -0.2) is 4.98 Å². The zero-order valence-electron chi connectivity index (χ0n) is 12.9. The van der Waals surface area contributed by atoms with Gasteiger partial charge in [0.1, 0.15) is 11.6 Å². The number of hydrogen-bond acceptors (Lipinski definition) is 4. The van der Waals surface area contributed by atoms with Crippen LogP contribution in [0.4, 0.5) is 0 Å². The van der Waals surface area contributed by atoms with Gasteiger partial charge >= 0.3 is 0 Å². The van der Waals surface area contributed by atoms with E-state index in [1.807, 2.05) is 13.8 Å². The summed E-state index contributed by atoms with van der Waals surface area (Å²) in [5, 5.41) is 2.91. The van der Waals surface area contributed by atoms with Crippen LogP contribution in [0.3, 0.4) is 0 Å². The lowest BCUT2D eigenvalue weighted by Gasteiger charge is -2.12. The van der Waals surface area contributed by atoms with Gasteiger partial charge in [-0.1, -0.05) is 0 Å². The van der Waals surface area contributed by atoms with Crippen molar-refractivity contribution in [3.05, 3.63) is 47.5 Å². The number of aromatic nitrogens is 2. The lowest BCUT2D eigenvalue weighted by Crippen LogP contribution is -2.27. The zero-order valence-corrected chi connectivity index (χ0v) is 12.9. The molecule has 0 saturated carbocycles. The Labute approximate surface area is 130 Å². The third kappa shape index (κ3) is 4.33. The number of ether oxygens (including phenoxy) is 1. The highest BCUT2D eigenvalue weighted by Crippen LogP contribution is 2.14. The number of carbonyl (C=O) groups excluding carboxylic acids is 1. The highest BCUT2D eigenvalue weighted by atomic mass is 16.5. The monoisotopic (exact) mass is 302 g/mol. The van der Waals surface area contributed by atoms with Gasteiger partial charge in [-0.15, -0.1) is 0 Å². The topological polar surface area (TPSA) is 93.0 Å². The predicted octanol–water partition coefficient (Wildman–Crippen LogP) is 1.94. The molecule has 4 N–H and O–H groups in total. The molecule has 0 radical (unpaired) electrons. The van der Waals surface area contributed by atoms with Crippen molar-refractivity contribution in [2.24, 2.45) is 5.73 Å². The van der Waals surface area contributed by atoms with E-state index in [0.717, 1.165) is 23.7 Å². The number of benzene rings is 1. The minimum atomic E-state index is -0.179. The molecule has 1 heterocycles. The van der Waals surface area contributed by atoms with E-state index in [4.69, 9.17) is 10.5 Å². The van der Waals surface area contributed by atoms with Crippen LogP contribution in [0.2, 0.25) is 0 Å². The van der Waals surface area contributed by atoms with Crippen LogP contribution in [-0.4, -0.2) is 29.0 Å². The Morgan fingerprint density at radius 1 is 1.41 bits per heavy atom. The lowest BCUT2D eigenvalue weighted by molar-refractivity contribution is 0.0938. The normalized spacial score (nSPS) is 12.0. The second kappa shape index (κ2) is 7.61. The maximum Gasteiger partial charge on any atom is 0.251 e. The number of aryl methyl sites for hydroxylation is 1. The summed E-state index contributed by atoms with van der Waals surface area (Å²) in [6, 6.07) is 6.88. The summed E-state index contributed by atoms with van der Waals surface area (Å²) >= 11 is 0. The maximum atomic E-state index is 12.2. The Balaban J connectivity index is 1.92. The summed E-state index contributed by atoms with van der Waals surface area (Å²) in [5.41, 5.74) is 6.96. The standard InChI is InChI=1S/C16H22N4O2/c1-11-10-18-15(19-11)12(2)20-16(21)13-4-6-14(7-5-13)22-9-3-8-17/h4-7,10,12H,3,8-9,17H2,1-2H3,(H,18,19)(H,20,21)/t12-/m0/s1. The van der Waals surface area contributed by atoms with Crippen molar-refractivity contribution < 1.29 is 9.53 Å². The number of nitrogens with two attached hydrogens (primary N) is 1. The smallest absolute Gasteiger partial charge is 0.251 e. The van der Waals surface area contributed by atoms with Crippen LogP contribution in [0.5, 0.6) is 5.75 Å². The largest absolute Gasteiger partial charge is 0.494 e. The first-order valence-corrected chi connectivity index (χ1v) is 7.35. The second-order valence-corrected chi connectivity index (χ2v) is 5.16. The summed E-state index contributed by atoms with van der Waals surface area (Å²) < 4.78 is 5.51. The molecule has 118 valence electrons. The van der Waals surface area contributed by atoms with Gasteiger partial charge in [0.15, 0.2) is 0 Å². The van der Waals surface area contributed by atoms with Gasteiger partial charge in [0.05, 0.1) is 12.6 Å². The fourth-order valence-corrected chi connectivity index (χ4v) is 1.98. The van der Waals surface area contributed by atoms with Crippen LogP contribution in [0, 0.1) is 6.92 Å². The van der Waals surface area contributed by atoms with Gasteiger partial charge in [0.2, 0.25) is 0 Å². The van der Waals surface area contributed by atoms with Crippen LogP contribution < -0.4 is 15.8 Å². The van der Waals surface area contributed by atoms with E-state index in [-0.39, 0.29) is 11.9 Å². The van der Waals surface area contributed by atoms with Crippen molar-refractivity contribution in [3.63, 3.8) is 0 Å². The van der Waals surface area contributed by atoms with Crippen LogP contribution >= 0.6 is 0 Å². The third-order valence-electron chi connectivity index (χ3n) is 3.21. The molecular weight excluding hydrogens is 280 g/mol. The fraction of sp³-hybridized carbons (Fsp3) is 0.375. The summed E-state index contributed by atoms with van der Waals surface area (Å²) in [5.74, 6) is 1.34. The highest BCUT2D eigenvalue weighted by Gasteiger charge is 2.13. The first-order chi connectivity index (χ1) is 10.6. The van der Waals surface area contributed by atoms with Crippen LogP contribution in [-0.2, 0) is 0 Å². The Morgan fingerprint density at radius 3 is 2.73 bits per heavy atom. The van der Waals surface area contributed by atoms with E-state index in [1.165, 1.54) is 0 Å². The molecular formula is C16H22N4O2. The van der Waals surface area contributed by atoms with Gasteiger partial charge in [-0.2, -0.15) is 0 Å². The maximum absolute atomic E-state index is 12.2. The number of carbonyl (C=O) groups is 1. The number of H-pyrrole nitrogens is 1. The van der Waals surface area contributed by atoms with Crippen molar-refractivity contribution in [2.75, 3.05) is 13.2 Å². The number of aromatic amines is 1. The minimum Gasteiger partial charge on any atom is -0.494 e. The summed E-state index contributed by atoms with van der Waals surface area (Å²) in [4.78, 5) is 19.5. The average molecular weight is 302 g/mol. The van der Waals surface area contributed by atoms with Gasteiger partial charge in [0, 0.05) is 17.5 Å². The van der Waals surface area contributed by atoms with E-state index in [1.54, 1.807) is 30.5 Å². The number of imidazole rings is 1. The molecule has 2 rings (SSSR count). The Kier molecular flexibility index (Phi) is 5.55. The van der Waals surface area contributed by atoms with Gasteiger partial charge in [0.25, 0.3) is 5.91 Å².